The van der Waals surface area contributed by atoms with E-state index in [9.17, 15) is 0 Å². The van der Waals surface area contributed by atoms with Crippen LogP contribution in [0.2, 0.25) is 0 Å². The molecule has 0 aliphatic heterocycles. The Hall–Kier alpha value is -0.160. The normalized spacial score (nSPS) is 10.0. The fourth-order valence-corrected chi connectivity index (χ4v) is 0.777. The summed E-state index contributed by atoms with van der Waals surface area (Å²) in [4.78, 5) is 3.88. The van der Waals surface area contributed by atoms with Crippen LogP contribution in [0.5, 0.6) is 0 Å². The van der Waals surface area contributed by atoms with Crippen LogP contribution in [-0.2, 0) is 0 Å². The van der Waals surface area contributed by atoms with Crippen molar-refractivity contribution in [3.8, 4) is 0 Å². The Morgan fingerprint density at radius 3 is 2.00 bits per heavy atom. The van der Waals surface area contributed by atoms with Gasteiger partial charge in [-0.25, -0.2) is 0 Å². The zero-order valence-corrected chi connectivity index (χ0v) is 8.96. The van der Waals surface area contributed by atoms with Crippen LogP contribution < -0.4 is 5.32 Å². The quantitative estimate of drug-likeness (QED) is 0.578. The molecule has 0 aliphatic rings. The topological polar surface area (TPSA) is 38.7 Å². The Kier molecular flexibility index (Phi) is 13.0. The average molecular weight is 177 g/mol. The molecule has 0 aliphatic carbocycles. The molecule has 0 aromatic rings. The molecular weight excluding hydrogens is 154 g/mol. The minimum atomic E-state index is 0.105. The van der Waals surface area contributed by atoms with Crippen molar-refractivity contribution in [1.29, 1.82) is 0 Å². The number of aliphatic hydroxyl groups excluding tert-OH is 1. The number of rotatable bonds is 5. The molecule has 12 heavy (non-hydrogen) atoms. The molecule has 0 bridgehead atoms. The summed E-state index contributed by atoms with van der Waals surface area (Å²) < 4.78 is 0. The second kappa shape index (κ2) is 10.8. The number of hydrogen-bond acceptors (Lipinski definition) is 4. The van der Waals surface area contributed by atoms with E-state index in [1.54, 1.807) is 0 Å². The molecule has 0 saturated carbocycles. The summed E-state index contributed by atoms with van der Waals surface area (Å²) in [5, 5.41) is 11.6. The molecule has 0 aromatic heterocycles. The lowest BCUT2D eigenvalue weighted by Crippen LogP contribution is -2.37. The van der Waals surface area contributed by atoms with Gasteiger partial charge in [-0.3, -0.25) is 9.80 Å². The first kappa shape index (κ1) is 14.4. The fourth-order valence-electron chi connectivity index (χ4n) is 0.777. The smallest absolute Gasteiger partial charge is 0.0964 e. The fraction of sp³-hybridized carbons (Fsp3) is 1.00. The van der Waals surface area contributed by atoms with Crippen LogP contribution in [0, 0.1) is 0 Å². The third-order valence-corrected chi connectivity index (χ3v) is 1.15. The van der Waals surface area contributed by atoms with Crippen molar-refractivity contribution in [2.75, 3.05) is 41.2 Å². The van der Waals surface area contributed by atoms with Gasteiger partial charge in [-0.15, -0.1) is 0 Å². The van der Waals surface area contributed by atoms with Crippen LogP contribution in [0.25, 0.3) is 0 Å². The van der Waals surface area contributed by atoms with Crippen molar-refractivity contribution in [2.24, 2.45) is 0 Å². The zero-order valence-electron chi connectivity index (χ0n) is 8.96. The van der Waals surface area contributed by atoms with E-state index in [0.717, 1.165) is 13.3 Å². The SMILES string of the molecule is CC.CNCN(C)CN(C)CO. The summed E-state index contributed by atoms with van der Waals surface area (Å²) in [5.74, 6) is 0. The van der Waals surface area contributed by atoms with E-state index in [2.05, 4.69) is 10.2 Å². The first-order valence-electron chi connectivity index (χ1n) is 4.33. The average Bonchev–Trinajstić information content (AvgIpc) is 2.08. The number of nitrogens with one attached hydrogen (secondary N) is 1. The predicted molar refractivity (Wildman–Crippen MR) is 52.8 cm³/mol. The lowest BCUT2D eigenvalue weighted by atomic mass is 10.7. The van der Waals surface area contributed by atoms with Crippen LogP contribution in [0.15, 0.2) is 0 Å². The molecule has 0 spiro atoms. The molecule has 0 aromatic carbocycles. The van der Waals surface area contributed by atoms with E-state index in [0.29, 0.717) is 0 Å². The molecule has 0 saturated heterocycles. The molecule has 76 valence electrons. The standard InChI is InChI=1S/C6H17N3O.C2H6/c1-7-4-8(2)5-9(3)6-10;1-2/h7,10H,4-6H2,1-3H3;1-2H3. The van der Waals surface area contributed by atoms with E-state index in [4.69, 9.17) is 5.11 Å². The van der Waals surface area contributed by atoms with Crippen molar-refractivity contribution in [3.05, 3.63) is 0 Å². The van der Waals surface area contributed by atoms with Crippen LogP contribution in [0.1, 0.15) is 13.8 Å². The van der Waals surface area contributed by atoms with Gasteiger partial charge in [0.1, 0.15) is 0 Å². The second-order valence-corrected chi connectivity index (χ2v) is 2.51. The maximum Gasteiger partial charge on any atom is 0.0964 e. The van der Waals surface area contributed by atoms with Gasteiger partial charge in [0.2, 0.25) is 0 Å². The Morgan fingerprint density at radius 2 is 1.67 bits per heavy atom. The molecule has 4 nitrogen and oxygen atoms in total. The van der Waals surface area contributed by atoms with Crippen molar-refractivity contribution < 1.29 is 5.11 Å². The third-order valence-electron chi connectivity index (χ3n) is 1.15. The summed E-state index contributed by atoms with van der Waals surface area (Å²) in [7, 11) is 5.75. The van der Waals surface area contributed by atoms with Gasteiger partial charge in [-0.1, -0.05) is 13.8 Å². The van der Waals surface area contributed by atoms with Crippen LogP contribution in [0.4, 0.5) is 0 Å². The Balaban J connectivity index is 0. The monoisotopic (exact) mass is 177 g/mol. The van der Waals surface area contributed by atoms with E-state index >= 15 is 0 Å². The molecule has 0 amide bonds. The molecule has 2 N–H and O–H groups in total. The number of hydrogen-bond donors (Lipinski definition) is 2. The molecule has 4 heteroatoms. The molecule has 0 heterocycles. The van der Waals surface area contributed by atoms with Gasteiger partial charge >= 0.3 is 0 Å². The molecular formula is C8H23N3O. The summed E-state index contributed by atoms with van der Waals surface area (Å²) in [6.45, 7) is 5.72. The Bertz CT molecular complexity index is 80.7. The van der Waals surface area contributed by atoms with Gasteiger partial charge in [-0.05, 0) is 21.1 Å². The highest BCUT2D eigenvalue weighted by atomic mass is 16.3. The molecule has 0 rings (SSSR count). The van der Waals surface area contributed by atoms with Gasteiger partial charge < -0.3 is 10.4 Å². The van der Waals surface area contributed by atoms with Gasteiger partial charge in [-0.2, -0.15) is 0 Å². The van der Waals surface area contributed by atoms with Crippen molar-refractivity contribution in [3.63, 3.8) is 0 Å². The number of aliphatic hydroxyl groups is 1. The van der Waals surface area contributed by atoms with Crippen molar-refractivity contribution >= 4 is 0 Å². The van der Waals surface area contributed by atoms with E-state index in [1.807, 2.05) is 39.9 Å². The van der Waals surface area contributed by atoms with Gasteiger partial charge in [0.25, 0.3) is 0 Å². The summed E-state index contributed by atoms with van der Waals surface area (Å²) in [5.41, 5.74) is 0. The summed E-state index contributed by atoms with van der Waals surface area (Å²) in [6, 6.07) is 0. The first-order chi connectivity index (χ1) is 5.70. The van der Waals surface area contributed by atoms with Crippen molar-refractivity contribution in [1.82, 2.24) is 15.1 Å². The zero-order chi connectivity index (χ0) is 9.98. The highest BCUT2D eigenvalue weighted by Gasteiger charge is 1.98. The molecule has 0 fully saturated rings. The van der Waals surface area contributed by atoms with Gasteiger partial charge in [0, 0.05) is 6.67 Å². The van der Waals surface area contributed by atoms with Crippen LogP contribution in [-0.4, -0.2) is 56.1 Å². The van der Waals surface area contributed by atoms with Crippen LogP contribution in [0.3, 0.4) is 0 Å². The number of nitrogens with zero attached hydrogens (tertiary/aromatic N) is 2. The predicted octanol–water partition coefficient (Wildman–Crippen LogP) is -0.0396. The minimum absolute atomic E-state index is 0.105. The second-order valence-electron chi connectivity index (χ2n) is 2.51. The first-order valence-corrected chi connectivity index (χ1v) is 4.33. The largest absolute Gasteiger partial charge is 0.381 e. The maximum atomic E-state index is 8.63. The van der Waals surface area contributed by atoms with Crippen LogP contribution >= 0.6 is 0 Å². The van der Waals surface area contributed by atoms with E-state index < -0.39 is 0 Å². The van der Waals surface area contributed by atoms with Gasteiger partial charge in [0.05, 0.1) is 13.4 Å². The molecule has 0 atom stereocenters. The van der Waals surface area contributed by atoms with Gasteiger partial charge in [0.15, 0.2) is 0 Å². The Labute approximate surface area is 76.2 Å². The highest BCUT2D eigenvalue weighted by Crippen LogP contribution is 1.82. The summed E-state index contributed by atoms with van der Waals surface area (Å²) >= 11 is 0. The highest BCUT2D eigenvalue weighted by molar-refractivity contribution is 4.45. The third kappa shape index (κ3) is 9.84. The van der Waals surface area contributed by atoms with Crippen molar-refractivity contribution in [2.45, 2.75) is 13.8 Å². The lowest BCUT2D eigenvalue weighted by molar-refractivity contribution is 0.0796. The van der Waals surface area contributed by atoms with E-state index in [1.165, 1.54) is 0 Å². The summed E-state index contributed by atoms with van der Waals surface area (Å²) in [6.07, 6.45) is 0. The molecule has 0 radical (unpaired) electrons. The maximum absolute atomic E-state index is 8.63. The molecule has 0 unspecified atom stereocenters. The minimum Gasteiger partial charge on any atom is -0.381 e. The van der Waals surface area contributed by atoms with E-state index in [-0.39, 0.29) is 6.73 Å². The lowest BCUT2D eigenvalue weighted by Gasteiger charge is -2.21. The Morgan fingerprint density at radius 1 is 1.17 bits per heavy atom.